The normalized spacial score (nSPS) is 40.6. The monoisotopic (exact) mass is 297 g/mol. The van der Waals surface area contributed by atoms with Crippen LogP contribution in [0.4, 0.5) is 0 Å². The van der Waals surface area contributed by atoms with Crippen molar-refractivity contribution in [1.82, 2.24) is 4.90 Å². The van der Waals surface area contributed by atoms with Gasteiger partial charge in [-0.1, -0.05) is 20.8 Å². The Morgan fingerprint density at radius 1 is 1.29 bits per heavy atom. The highest BCUT2D eigenvalue weighted by atomic mass is 16.5. The number of aliphatic hydroxyl groups is 1. The molecule has 2 aliphatic carbocycles. The van der Waals surface area contributed by atoms with Crippen molar-refractivity contribution in [3.05, 3.63) is 0 Å². The van der Waals surface area contributed by atoms with Crippen LogP contribution in [0, 0.1) is 16.7 Å². The zero-order chi connectivity index (χ0) is 15.1. The quantitative estimate of drug-likeness (QED) is 0.842. The van der Waals surface area contributed by atoms with Crippen LogP contribution in [0.5, 0.6) is 0 Å². The third kappa shape index (κ3) is 2.76. The third-order valence-electron chi connectivity index (χ3n) is 6.78. The molecule has 21 heavy (non-hydrogen) atoms. The van der Waals surface area contributed by atoms with Crippen molar-refractivity contribution in [2.75, 3.05) is 39.5 Å². The fourth-order valence-corrected chi connectivity index (χ4v) is 4.74. The second kappa shape index (κ2) is 5.80. The van der Waals surface area contributed by atoms with E-state index in [2.05, 4.69) is 25.7 Å². The highest BCUT2D eigenvalue weighted by Gasteiger charge is 2.61. The minimum absolute atomic E-state index is 0.288. The summed E-state index contributed by atoms with van der Waals surface area (Å²) in [4.78, 5) is 2.27. The van der Waals surface area contributed by atoms with Gasteiger partial charge in [0.1, 0.15) is 0 Å². The summed E-state index contributed by atoms with van der Waals surface area (Å²) >= 11 is 0. The van der Waals surface area contributed by atoms with Crippen LogP contribution in [-0.4, -0.2) is 61.7 Å². The van der Waals surface area contributed by atoms with Crippen molar-refractivity contribution in [2.24, 2.45) is 16.7 Å². The third-order valence-corrected chi connectivity index (χ3v) is 6.78. The molecule has 4 nitrogen and oxygen atoms in total. The standard InChI is InChI=1S/C17H31NO3/c1-16(2)13-4-5-17(16,3)15(10-13)21-12-14(19)11-18-6-8-20-9-7-18/h13-15,19H,4-12H2,1-3H3/t13-,14+,15-,17-/m0/s1. The number of aliphatic hydroxyl groups excluding tert-OH is 1. The number of morpholine rings is 1. The van der Waals surface area contributed by atoms with E-state index in [0.29, 0.717) is 24.7 Å². The van der Waals surface area contributed by atoms with Crippen LogP contribution in [0.15, 0.2) is 0 Å². The van der Waals surface area contributed by atoms with E-state index >= 15 is 0 Å². The summed E-state index contributed by atoms with van der Waals surface area (Å²) in [6, 6.07) is 0. The lowest BCUT2D eigenvalue weighted by atomic mass is 9.70. The van der Waals surface area contributed by atoms with Crippen molar-refractivity contribution in [3.8, 4) is 0 Å². The molecule has 0 spiro atoms. The summed E-state index contributed by atoms with van der Waals surface area (Å²) in [6.45, 7) is 11.8. The molecule has 0 amide bonds. The smallest absolute Gasteiger partial charge is 0.0900 e. The number of nitrogens with zero attached hydrogens (tertiary/aromatic N) is 1. The summed E-state index contributed by atoms with van der Waals surface area (Å²) in [6.07, 6.45) is 3.74. The van der Waals surface area contributed by atoms with Gasteiger partial charge in [-0.05, 0) is 36.0 Å². The van der Waals surface area contributed by atoms with Gasteiger partial charge in [0.2, 0.25) is 0 Å². The van der Waals surface area contributed by atoms with E-state index in [4.69, 9.17) is 9.47 Å². The number of ether oxygens (including phenoxy) is 2. The molecular weight excluding hydrogens is 266 g/mol. The molecule has 4 heteroatoms. The molecule has 122 valence electrons. The van der Waals surface area contributed by atoms with Crippen LogP contribution < -0.4 is 0 Å². The van der Waals surface area contributed by atoms with Crippen molar-refractivity contribution in [2.45, 2.75) is 52.2 Å². The van der Waals surface area contributed by atoms with Gasteiger partial charge in [-0.2, -0.15) is 0 Å². The zero-order valence-electron chi connectivity index (χ0n) is 13.8. The van der Waals surface area contributed by atoms with Gasteiger partial charge in [0.05, 0.1) is 32.0 Å². The van der Waals surface area contributed by atoms with Gasteiger partial charge in [-0.25, -0.2) is 0 Å². The number of hydrogen-bond donors (Lipinski definition) is 1. The van der Waals surface area contributed by atoms with Crippen LogP contribution in [0.2, 0.25) is 0 Å². The lowest BCUT2D eigenvalue weighted by Crippen LogP contribution is -2.43. The molecule has 1 aliphatic heterocycles. The Morgan fingerprint density at radius 3 is 2.57 bits per heavy atom. The molecule has 0 aromatic rings. The molecular formula is C17H31NO3. The minimum atomic E-state index is -0.381. The first-order valence-corrected chi connectivity index (χ1v) is 8.53. The molecule has 4 atom stereocenters. The Bertz CT molecular complexity index is 367. The molecule has 2 saturated carbocycles. The van der Waals surface area contributed by atoms with Crippen LogP contribution in [0.3, 0.4) is 0 Å². The molecule has 1 saturated heterocycles. The van der Waals surface area contributed by atoms with E-state index in [1.54, 1.807) is 0 Å². The van der Waals surface area contributed by atoms with Gasteiger partial charge in [0.15, 0.2) is 0 Å². The van der Waals surface area contributed by atoms with E-state index in [1.165, 1.54) is 19.3 Å². The van der Waals surface area contributed by atoms with Gasteiger partial charge in [0, 0.05) is 19.6 Å². The van der Waals surface area contributed by atoms with E-state index in [0.717, 1.165) is 32.2 Å². The Morgan fingerprint density at radius 2 is 2.00 bits per heavy atom. The van der Waals surface area contributed by atoms with Crippen LogP contribution in [0.25, 0.3) is 0 Å². The largest absolute Gasteiger partial charge is 0.389 e. The van der Waals surface area contributed by atoms with E-state index in [-0.39, 0.29) is 11.5 Å². The molecule has 0 aromatic carbocycles. The number of hydrogen-bond acceptors (Lipinski definition) is 4. The topological polar surface area (TPSA) is 41.9 Å². The fraction of sp³-hybridized carbons (Fsp3) is 1.00. The minimum Gasteiger partial charge on any atom is -0.389 e. The molecule has 1 heterocycles. The first kappa shape index (κ1) is 15.7. The molecule has 0 aromatic heterocycles. The molecule has 0 unspecified atom stereocenters. The van der Waals surface area contributed by atoms with Crippen molar-refractivity contribution in [3.63, 3.8) is 0 Å². The Kier molecular flexibility index (Phi) is 4.34. The van der Waals surface area contributed by atoms with E-state index in [1.807, 2.05) is 0 Å². The average Bonchev–Trinajstić information content (AvgIpc) is 2.79. The van der Waals surface area contributed by atoms with Gasteiger partial charge >= 0.3 is 0 Å². The van der Waals surface area contributed by atoms with Crippen LogP contribution in [0.1, 0.15) is 40.0 Å². The summed E-state index contributed by atoms with van der Waals surface area (Å²) in [7, 11) is 0. The molecule has 3 fully saturated rings. The van der Waals surface area contributed by atoms with Gasteiger partial charge in [-0.3, -0.25) is 4.90 Å². The van der Waals surface area contributed by atoms with Crippen molar-refractivity contribution in [1.29, 1.82) is 0 Å². The van der Waals surface area contributed by atoms with Gasteiger partial charge in [-0.15, -0.1) is 0 Å². The fourth-order valence-electron chi connectivity index (χ4n) is 4.74. The molecule has 2 bridgehead atoms. The maximum atomic E-state index is 10.2. The summed E-state index contributed by atoms with van der Waals surface area (Å²) in [5.74, 6) is 0.795. The molecule has 3 aliphatic rings. The second-order valence-electron chi connectivity index (χ2n) is 8.00. The summed E-state index contributed by atoms with van der Waals surface area (Å²) < 4.78 is 11.5. The first-order chi connectivity index (χ1) is 9.93. The number of β-amino-alcohol motifs (C(OH)–C–C–N with tert-alkyl or cyclic N) is 1. The predicted molar refractivity (Wildman–Crippen MR) is 82.2 cm³/mol. The Labute approximate surface area is 128 Å². The van der Waals surface area contributed by atoms with E-state index < -0.39 is 0 Å². The molecule has 3 rings (SSSR count). The van der Waals surface area contributed by atoms with Crippen molar-refractivity contribution >= 4 is 0 Å². The number of fused-ring (bicyclic) bond motifs is 2. The summed E-state index contributed by atoms with van der Waals surface area (Å²) in [5.41, 5.74) is 0.670. The highest BCUT2D eigenvalue weighted by molar-refractivity contribution is 5.11. The van der Waals surface area contributed by atoms with Gasteiger partial charge < -0.3 is 14.6 Å². The van der Waals surface area contributed by atoms with Crippen molar-refractivity contribution < 1.29 is 14.6 Å². The maximum absolute atomic E-state index is 10.2. The Hall–Kier alpha value is -0.160. The lowest BCUT2D eigenvalue weighted by Gasteiger charge is -2.39. The lowest BCUT2D eigenvalue weighted by molar-refractivity contribution is -0.0831. The predicted octanol–water partition coefficient (Wildman–Crippen LogP) is 1.91. The SMILES string of the molecule is CC1(C)[C@H]2CC[C@@]1(C)[C@@H](OC[C@H](O)CN1CCOCC1)C2. The van der Waals surface area contributed by atoms with Crippen LogP contribution >= 0.6 is 0 Å². The maximum Gasteiger partial charge on any atom is 0.0900 e. The highest BCUT2D eigenvalue weighted by Crippen LogP contribution is 2.66. The van der Waals surface area contributed by atoms with Gasteiger partial charge in [0.25, 0.3) is 0 Å². The first-order valence-electron chi connectivity index (χ1n) is 8.53. The zero-order valence-corrected chi connectivity index (χ0v) is 13.8. The summed E-state index contributed by atoms with van der Waals surface area (Å²) in [5, 5.41) is 10.2. The Balaban J connectivity index is 1.47. The second-order valence-corrected chi connectivity index (χ2v) is 8.00. The molecule has 0 radical (unpaired) electrons. The number of rotatable bonds is 5. The van der Waals surface area contributed by atoms with E-state index in [9.17, 15) is 5.11 Å². The molecule has 1 N–H and O–H groups in total. The van der Waals surface area contributed by atoms with Crippen LogP contribution in [-0.2, 0) is 9.47 Å². The average molecular weight is 297 g/mol.